The molecule has 0 saturated heterocycles. The van der Waals surface area contributed by atoms with Crippen molar-refractivity contribution in [3.8, 4) is 5.75 Å². The molecule has 0 unspecified atom stereocenters. The maximum Gasteiger partial charge on any atom is 0.121 e. The monoisotopic (exact) mass is 215 g/mol. The first kappa shape index (κ1) is 10.6. The molecule has 0 aliphatic rings. The Morgan fingerprint density at radius 1 is 1.06 bits per heavy atom. The number of rotatable bonds is 2. The van der Waals surface area contributed by atoms with E-state index in [9.17, 15) is 5.11 Å². The summed E-state index contributed by atoms with van der Waals surface area (Å²) in [6, 6.07) is 10.2. The predicted molar refractivity (Wildman–Crippen MR) is 61.1 cm³/mol. The van der Waals surface area contributed by atoms with Crippen molar-refractivity contribution < 1.29 is 10.2 Å². The second kappa shape index (κ2) is 4.33. The summed E-state index contributed by atoms with van der Waals surface area (Å²) >= 11 is 0. The molecule has 3 heteroatoms. The number of hydrogen-bond acceptors (Lipinski definition) is 3. The molecule has 0 fully saturated rings. The van der Waals surface area contributed by atoms with Crippen LogP contribution in [0.3, 0.4) is 0 Å². The van der Waals surface area contributed by atoms with Gasteiger partial charge in [0.25, 0.3) is 0 Å². The number of aliphatic hydroxyl groups is 1. The molecule has 0 amide bonds. The summed E-state index contributed by atoms with van der Waals surface area (Å²) < 4.78 is 0. The van der Waals surface area contributed by atoms with Crippen molar-refractivity contribution in [3.05, 3.63) is 59.4 Å². The molecular formula is C13H13NO2. The van der Waals surface area contributed by atoms with Crippen LogP contribution in [-0.2, 0) is 0 Å². The fraction of sp³-hybridized carbons (Fsp3) is 0.154. The van der Waals surface area contributed by atoms with E-state index in [2.05, 4.69) is 4.98 Å². The molecule has 2 rings (SSSR count). The minimum atomic E-state index is -0.749. The van der Waals surface area contributed by atoms with Crippen LogP contribution in [0.25, 0.3) is 0 Å². The highest BCUT2D eigenvalue weighted by Crippen LogP contribution is 2.21. The second-order valence-corrected chi connectivity index (χ2v) is 3.75. The van der Waals surface area contributed by atoms with Gasteiger partial charge >= 0.3 is 0 Å². The van der Waals surface area contributed by atoms with E-state index in [4.69, 9.17) is 5.11 Å². The van der Waals surface area contributed by atoms with Gasteiger partial charge in [-0.3, -0.25) is 4.98 Å². The van der Waals surface area contributed by atoms with E-state index in [-0.39, 0.29) is 5.75 Å². The van der Waals surface area contributed by atoms with Crippen molar-refractivity contribution in [2.75, 3.05) is 0 Å². The Hall–Kier alpha value is -1.87. The van der Waals surface area contributed by atoms with E-state index in [1.165, 1.54) is 0 Å². The Balaban J connectivity index is 2.28. The maximum absolute atomic E-state index is 10.0. The number of aryl methyl sites for hydroxylation is 1. The standard InChI is InChI=1S/C13H13NO2/c1-9-2-7-12(14-8-9)13(16)10-3-5-11(15)6-4-10/h2-8,13,15-16H,1H3/t13-/m1/s1. The van der Waals surface area contributed by atoms with Gasteiger partial charge in [-0.1, -0.05) is 18.2 Å². The summed E-state index contributed by atoms with van der Waals surface area (Å²) in [7, 11) is 0. The van der Waals surface area contributed by atoms with E-state index < -0.39 is 6.10 Å². The largest absolute Gasteiger partial charge is 0.508 e. The van der Waals surface area contributed by atoms with Crippen LogP contribution in [0.5, 0.6) is 5.75 Å². The lowest BCUT2D eigenvalue weighted by Gasteiger charge is -2.10. The number of aliphatic hydroxyl groups excluding tert-OH is 1. The van der Waals surface area contributed by atoms with E-state index in [0.29, 0.717) is 11.3 Å². The normalized spacial score (nSPS) is 12.4. The second-order valence-electron chi connectivity index (χ2n) is 3.75. The third-order valence-electron chi connectivity index (χ3n) is 2.42. The van der Waals surface area contributed by atoms with E-state index in [0.717, 1.165) is 5.56 Å². The number of aromatic hydroxyl groups is 1. The Morgan fingerprint density at radius 3 is 2.31 bits per heavy atom. The van der Waals surface area contributed by atoms with Gasteiger partial charge in [0.1, 0.15) is 11.9 Å². The summed E-state index contributed by atoms with van der Waals surface area (Å²) in [5.41, 5.74) is 2.38. The lowest BCUT2D eigenvalue weighted by atomic mass is 10.1. The summed E-state index contributed by atoms with van der Waals surface area (Å²) in [6.07, 6.45) is 0.972. The average molecular weight is 215 g/mol. The van der Waals surface area contributed by atoms with Crippen molar-refractivity contribution >= 4 is 0 Å². The van der Waals surface area contributed by atoms with Crippen LogP contribution < -0.4 is 0 Å². The molecule has 0 bridgehead atoms. The minimum Gasteiger partial charge on any atom is -0.508 e. The van der Waals surface area contributed by atoms with Crippen molar-refractivity contribution in [2.24, 2.45) is 0 Å². The van der Waals surface area contributed by atoms with Gasteiger partial charge in [0, 0.05) is 6.20 Å². The summed E-state index contributed by atoms with van der Waals surface area (Å²) in [5, 5.41) is 19.2. The molecule has 16 heavy (non-hydrogen) atoms. The first-order valence-electron chi connectivity index (χ1n) is 5.06. The Kier molecular flexibility index (Phi) is 2.88. The number of phenols is 1. The van der Waals surface area contributed by atoms with Crippen molar-refractivity contribution in [3.63, 3.8) is 0 Å². The van der Waals surface area contributed by atoms with Gasteiger partial charge in [-0.05, 0) is 36.2 Å². The Labute approximate surface area is 94.0 Å². The lowest BCUT2D eigenvalue weighted by Crippen LogP contribution is -2.01. The number of aromatic nitrogens is 1. The maximum atomic E-state index is 10.0. The fourth-order valence-corrected chi connectivity index (χ4v) is 1.47. The van der Waals surface area contributed by atoms with Crippen LogP contribution >= 0.6 is 0 Å². The van der Waals surface area contributed by atoms with Crippen LogP contribution in [0.4, 0.5) is 0 Å². The van der Waals surface area contributed by atoms with Gasteiger partial charge in [0.05, 0.1) is 5.69 Å². The zero-order chi connectivity index (χ0) is 11.5. The number of benzene rings is 1. The van der Waals surface area contributed by atoms with E-state index in [1.54, 1.807) is 36.5 Å². The van der Waals surface area contributed by atoms with E-state index in [1.807, 2.05) is 13.0 Å². The average Bonchev–Trinajstić information content (AvgIpc) is 2.30. The molecule has 1 atom stereocenters. The number of pyridine rings is 1. The summed E-state index contributed by atoms with van der Waals surface area (Å²) in [4.78, 5) is 4.16. The highest BCUT2D eigenvalue weighted by molar-refractivity contribution is 5.31. The van der Waals surface area contributed by atoms with Gasteiger partial charge in [-0.25, -0.2) is 0 Å². The molecule has 0 aliphatic carbocycles. The number of hydrogen-bond donors (Lipinski definition) is 2. The first-order valence-corrected chi connectivity index (χ1v) is 5.06. The third-order valence-corrected chi connectivity index (χ3v) is 2.42. The molecule has 0 spiro atoms. The highest BCUT2D eigenvalue weighted by Gasteiger charge is 2.11. The SMILES string of the molecule is Cc1ccc([C@H](O)c2ccc(O)cc2)nc1. The quantitative estimate of drug-likeness (QED) is 0.807. The summed E-state index contributed by atoms with van der Waals surface area (Å²) in [5.74, 6) is 0.188. The van der Waals surface area contributed by atoms with Crippen LogP contribution in [0.2, 0.25) is 0 Å². The fourth-order valence-electron chi connectivity index (χ4n) is 1.47. The smallest absolute Gasteiger partial charge is 0.121 e. The van der Waals surface area contributed by atoms with Crippen molar-refractivity contribution in [1.29, 1.82) is 0 Å². The Morgan fingerprint density at radius 2 is 1.75 bits per heavy atom. The van der Waals surface area contributed by atoms with Gasteiger partial charge in [-0.15, -0.1) is 0 Å². The zero-order valence-electron chi connectivity index (χ0n) is 8.96. The molecule has 2 aromatic rings. The van der Waals surface area contributed by atoms with Gasteiger partial charge in [-0.2, -0.15) is 0 Å². The summed E-state index contributed by atoms with van der Waals surface area (Å²) in [6.45, 7) is 1.95. The predicted octanol–water partition coefficient (Wildman–Crippen LogP) is 2.18. The lowest BCUT2D eigenvalue weighted by molar-refractivity contribution is 0.215. The minimum absolute atomic E-state index is 0.188. The molecule has 0 radical (unpaired) electrons. The first-order chi connectivity index (χ1) is 7.66. The van der Waals surface area contributed by atoms with Gasteiger partial charge in [0.15, 0.2) is 0 Å². The molecular weight excluding hydrogens is 202 g/mol. The number of phenolic OH excluding ortho intramolecular Hbond substituents is 1. The van der Waals surface area contributed by atoms with Gasteiger partial charge < -0.3 is 10.2 Å². The van der Waals surface area contributed by atoms with Gasteiger partial charge in [0.2, 0.25) is 0 Å². The van der Waals surface area contributed by atoms with Crippen LogP contribution in [0, 0.1) is 6.92 Å². The van der Waals surface area contributed by atoms with E-state index >= 15 is 0 Å². The molecule has 1 aromatic heterocycles. The number of nitrogens with zero attached hydrogens (tertiary/aromatic N) is 1. The Bertz CT molecular complexity index is 417. The zero-order valence-corrected chi connectivity index (χ0v) is 8.96. The third kappa shape index (κ3) is 2.20. The highest BCUT2D eigenvalue weighted by atomic mass is 16.3. The molecule has 1 aromatic carbocycles. The topological polar surface area (TPSA) is 53.4 Å². The molecule has 3 nitrogen and oxygen atoms in total. The van der Waals surface area contributed by atoms with Crippen LogP contribution in [-0.4, -0.2) is 15.2 Å². The molecule has 0 saturated carbocycles. The molecule has 0 aliphatic heterocycles. The van der Waals surface area contributed by atoms with Crippen LogP contribution in [0.15, 0.2) is 42.6 Å². The van der Waals surface area contributed by atoms with Crippen molar-refractivity contribution in [2.45, 2.75) is 13.0 Å². The van der Waals surface area contributed by atoms with Crippen molar-refractivity contribution in [1.82, 2.24) is 4.98 Å². The molecule has 1 heterocycles. The van der Waals surface area contributed by atoms with Crippen LogP contribution in [0.1, 0.15) is 22.9 Å². The molecule has 82 valence electrons. The molecule has 2 N–H and O–H groups in total.